The fraction of sp³-hybridized carbons (Fsp3) is 0.0909. The molecule has 0 spiro atoms. The summed E-state index contributed by atoms with van der Waals surface area (Å²) in [4.78, 5) is 0.331. The van der Waals surface area contributed by atoms with Crippen molar-refractivity contribution in [2.75, 3.05) is 6.26 Å². The van der Waals surface area contributed by atoms with E-state index >= 15 is 0 Å². The van der Waals surface area contributed by atoms with Crippen LogP contribution >= 0.6 is 11.6 Å². The molecule has 0 radical (unpaired) electrons. The maximum absolute atomic E-state index is 11.3. The van der Waals surface area contributed by atoms with Crippen molar-refractivity contribution in [3.05, 3.63) is 41.4 Å². The van der Waals surface area contributed by atoms with Gasteiger partial charge in [0.25, 0.3) is 0 Å². The Balaban J connectivity index is 2.73. The van der Waals surface area contributed by atoms with Crippen molar-refractivity contribution in [1.82, 2.24) is 0 Å². The van der Waals surface area contributed by atoms with Gasteiger partial charge in [0.1, 0.15) is 0 Å². The van der Waals surface area contributed by atoms with Crippen molar-refractivity contribution in [1.29, 1.82) is 0 Å². The lowest BCUT2D eigenvalue weighted by atomic mass is 10.1. The summed E-state index contributed by atoms with van der Waals surface area (Å²) in [6, 6.07) is 10.4. The summed E-state index contributed by atoms with van der Waals surface area (Å²) in [5.41, 5.74) is 0. The van der Waals surface area contributed by atoms with Gasteiger partial charge >= 0.3 is 0 Å². The van der Waals surface area contributed by atoms with E-state index < -0.39 is 9.84 Å². The van der Waals surface area contributed by atoms with E-state index in [9.17, 15) is 8.42 Å². The van der Waals surface area contributed by atoms with Crippen molar-refractivity contribution in [2.45, 2.75) is 4.90 Å². The minimum Gasteiger partial charge on any atom is -0.224 e. The van der Waals surface area contributed by atoms with Gasteiger partial charge in [0, 0.05) is 11.3 Å². The highest BCUT2D eigenvalue weighted by Gasteiger charge is 2.07. The normalized spacial score (nSPS) is 11.9. The largest absolute Gasteiger partial charge is 0.224 e. The minimum absolute atomic E-state index is 0.331. The molecule has 0 amide bonds. The van der Waals surface area contributed by atoms with E-state index in [4.69, 9.17) is 11.6 Å². The Kier molecular flexibility index (Phi) is 2.44. The number of sulfone groups is 1. The second-order valence-corrected chi connectivity index (χ2v) is 5.88. The summed E-state index contributed by atoms with van der Waals surface area (Å²) < 4.78 is 22.6. The van der Waals surface area contributed by atoms with Crippen LogP contribution in [0.15, 0.2) is 41.3 Å². The highest BCUT2D eigenvalue weighted by molar-refractivity contribution is 7.90. The van der Waals surface area contributed by atoms with E-state index in [0.717, 1.165) is 10.8 Å². The van der Waals surface area contributed by atoms with Gasteiger partial charge in [-0.05, 0) is 35.0 Å². The SMILES string of the molecule is CS(=O)(=O)c1ccc2cc(Cl)ccc2c1. The third-order valence-corrected chi connectivity index (χ3v) is 3.55. The number of hydrogen-bond acceptors (Lipinski definition) is 2. The molecule has 4 heteroatoms. The van der Waals surface area contributed by atoms with Crippen LogP contribution in [0.1, 0.15) is 0 Å². The van der Waals surface area contributed by atoms with Crippen molar-refractivity contribution in [3.8, 4) is 0 Å². The first kappa shape index (κ1) is 10.5. The molecule has 0 saturated carbocycles. The number of halogens is 1. The van der Waals surface area contributed by atoms with Gasteiger partial charge < -0.3 is 0 Å². The van der Waals surface area contributed by atoms with Gasteiger partial charge in [0.2, 0.25) is 0 Å². The van der Waals surface area contributed by atoms with Gasteiger partial charge in [-0.15, -0.1) is 0 Å². The fourth-order valence-corrected chi connectivity index (χ4v) is 2.26. The van der Waals surface area contributed by atoms with Crippen molar-refractivity contribution in [3.63, 3.8) is 0 Å². The average Bonchev–Trinajstić information content (AvgIpc) is 2.15. The van der Waals surface area contributed by atoms with Crippen LogP contribution in [-0.2, 0) is 9.84 Å². The van der Waals surface area contributed by atoms with Crippen LogP contribution in [0.4, 0.5) is 0 Å². The van der Waals surface area contributed by atoms with Gasteiger partial charge in [-0.25, -0.2) is 8.42 Å². The van der Waals surface area contributed by atoms with Gasteiger partial charge in [0.05, 0.1) is 4.90 Å². The van der Waals surface area contributed by atoms with Crippen LogP contribution in [0.3, 0.4) is 0 Å². The van der Waals surface area contributed by atoms with Crippen LogP contribution in [0.5, 0.6) is 0 Å². The Labute approximate surface area is 93.4 Å². The maximum atomic E-state index is 11.3. The van der Waals surface area contributed by atoms with Gasteiger partial charge in [-0.1, -0.05) is 23.7 Å². The molecule has 0 saturated heterocycles. The predicted molar refractivity (Wildman–Crippen MR) is 62.1 cm³/mol. The number of rotatable bonds is 1. The first-order valence-electron chi connectivity index (χ1n) is 4.36. The molecule has 78 valence electrons. The smallest absolute Gasteiger partial charge is 0.175 e. The van der Waals surface area contributed by atoms with Crippen LogP contribution < -0.4 is 0 Å². The zero-order valence-electron chi connectivity index (χ0n) is 8.07. The second kappa shape index (κ2) is 3.51. The molecule has 0 aromatic heterocycles. The summed E-state index contributed by atoms with van der Waals surface area (Å²) in [7, 11) is -3.14. The molecule has 2 rings (SSSR count). The lowest BCUT2D eigenvalue weighted by Gasteiger charge is -2.01. The number of benzene rings is 2. The quantitative estimate of drug-likeness (QED) is 0.768. The van der Waals surface area contributed by atoms with E-state index in [2.05, 4.69) is 0 Å². The van der Waals surface area contributed by atoms with Crippen LogP contribution in [0.2, 0.25) is 5.02 Å². The van der Waals surface area contributed by atoms with Crippen molar-refractivity contribution in [2.24, 2.45) is 0 Å². The highest BCUT2D eigenvalue weighted by Crippen LogP contribution is 2.22. The third kappa shape index (κ3) is 2.13. The monoisotopic (exact) mass is 240 g/mol. The minimum atomic E-state index is -3.14. The first-order valence-corrected chi connectivity index (χ1v) is 6.63. The summed E-state index contributed by atoms with van der Waals surface area (Å²) in [5, 5.41) is 2.46. The second-order valence-electron chi connectivity index (χ2n) is 3.43. The predicted octanol–water partition coefficient (Wildman–Crippen LogP) is 2.90. The molecule has 0 N–H and O–H groups in total. The number of fused-ring (bicyclic) bond motifs is 1. The molecule has 0 aliphatic heterocycles. The van der Waals surface area contributed by atoms with Crippen LogP contribution in [0.25, 0.3) is 10.8 Å². The molecular weight excluding hydrogens is 232 g/mol. The van der Waals surface area contributed by atoms with Gasteiger partial charge in [0.15, 0.2) is 9.84 Å². The summed E-state index contributed by atoms with van der Waals surface area (Å²) in [6.45, 7) is 0. The fourth-order valence-electron chi connectivity index (χ4n) is 1.43. The van der Waals surface area contributed by atoms with Crippen LogP contribution in [-0.4, -0.2) is 14.7 Å². The van der Waals surface area contributed by atoms with Crippen molar-refractivity contribution >= 4 is 32.2 Å². The third-order valence-electron chi connectivity index (χ3n) is 2.20. The lowest BCUT2D eigenvalue weighted by Crippen LogP contribution is -1.96. The molecule has 2 aromatic carbocycles. The summed E-state index contributed by atoms with van der Waals surface area (Å²) in [6.07, 6.45) is 1.20. The van der Waals surface area contributed by atoms with E-state index in [0.29, 0.717) is 9.92 Å². The Morgan fingerprint density at radius 2 is 1.60 bits per heavy atom. The molecule has 0 bridgehead atoms. The molecule has 2 nitrogen and oxygen atoms in total. The number of hydrogen-bond donors (Lipinski definition) is 0. The highest BCUT2D eigenvalue weighted by atomic mass is 35.5. The maximum Gasteiger partial charge on any atom is 0.175 e. The van der Waals surface area contributed by atoms with E-state index in [-0.39, 0.29) is 0 Å². The molecule has 0 aliphatic carbocycles. The molecule has 0 fully saturated rings. The standard InChI is InChI=1S/C11H9ClO2S/c1-15(13,14)11-5-3-8-6-10(12)4-2-9(8)7-11/h2-7H,1H3. The molecule has 0 heterocycles. The average molecular weight is 241 g/mol. The van der Waals surface area contributed by atoms with Gasteiger partial charge in [-0.3, -0.25) is 0 Å². The van der Waals surface area contributed by atoms with E-state index in [1.165, 1.54) is 6.26 Å². The zero-order valence-corrected chi connectivity index (χ0v) is 9.64. The molecule has 0 aliphatic rings. The molecule has 15 heavy (non-hydrogen) atoms. The van der Waals surface area contributed by atoms with E-state index in [1.54, 1.807) is 24.3 Å². The van der Waals surface area contributed by atoms with E-state index in [1.807, 2.05) is 12.1 Å². The van der Waals surface area contributed by atoms with Crippen LogP contribution in [0, 0.1) is 0 Å². The summed E-state index contributed by atoms with van der Waals surface area (Å²) >= 11 is 5.83. The first-order chi connectivity index (χ1) is 6.97. The molecule has 0 atom stereocenters. The topological polar surface area (TPSA) is 34.1 Å². The Bertz CT molecular complexity index is 618. The van der Waals surface area contributed by atoms with Gasteiger partial charge in [-0.2, -0.15) is 0 Å². The molecule has 0 unspecified atom stereocenters. The summed E-state index contributed by atoms with van der Waals surface area (Å²) in [5.74, 6) is 0. The Morgan fingerprint density at radius 3 is 2.27 bits per heavy atom. The Hall–Kier alpha value is -1.06. The van der Waals surface area contributed by atoms with Crippen molar-refractivity contribution < 1.29 is 8.42 Å². The molecule has 2 aromatic rings. The zero-order chi connectivity index (χ0) is 11.1. The Morgan fingerprint density at radius 1 is 1.00 bits per heavy atom. The molecular formula is C11H9ClO2S. The lowest BCUT2D eigenvalue weighted by molar-refractivity contribution is 0.602.